The van der Waals surface area contributed by atoms with Crippen molar-refractivity contribution in [2.45, 2.75) is 4.90 Å². The highest BCUT2D eigenvalue weighted by Crippen LogP contribution is 2.32. The van der Waals surface area contributed by atoms with E-state index in [0.29, 0.717) is 10.9 Å². The van der Waals surface area contributed by atoms with E-state index < -0.39 is 10.1 Å². The van der Waals surface area contributed by atoms with Crippen molar-refractivity contribution in [3.8, 4) is 0 Å². The topological polar surface area (TPSA) is 67.3 Å². The van der Waals surface area contributed by atoms with Crippen LogP contribution in [-0.2, 0) is 10.1 Å². The van der Waals surface area contributed by atoms with E-state index in [4.69, 9.17) is 0 Å². The van der Waals surface area contributed by atoms with Crippen molar-refractivity contribution in [3.05, 3.63) is 60.8 Å². The lowest BCUT2D eigenvalue weighted by Gasteiger charge is -2.08. The maximum absolute atomic E-state index is 11.5. The zero-order chi connectivity index (χ0) is 15.3. The van der Waals surface area contributed by atoms with Crippen LogP contribution in [0.5, 0.6) is 0 Å². The Morgan fingerprint density at radius 2 is 1.50 bits per heavy atom. The van der Waals surface area contributed by atoms with Crippen LogP contribution in [0.3, 0.4) is 0 Å². The Bertz CT molecular complexity index is 1150. The molecule has 0 radical (unpaired) electrons. The van der Waals surface area contributed by atoms with Crippen molar-refractivity contribution in [2.24, 2.45) is 0 Å². The number of hydrogen-bond donors (Lipinski definition) is 1. The average Bonchev–Trinajstić information content (AvgIpc) is 2.52. The molecule has 4 nitrogen and oxygen atoms in total. The summed E-state index contributed by atoms with van der Waals surface area (Å²) in [6, 6.07) is 16.8. The van der Waals surface area contributed by atoms with Crippen LogP contribution >= 0.6 is 0 Å². The molecule has 1 N–H and O–H groups in total. The fourth-order valence-electron chi connectivity index (χ4n) is 2.90. The summed E-state index contributed by atoms with van der Waals surface area (Å²) >= 11 is 0. The van der Waals surface area contributed by atoms with Crippen molar-refractivity contribution in [1.82, 2.24) is 4.98 Å². The van der Waals surface area contributed by atoms with E-state index in [-0.39, 0.29) is 4.90 Å². The lowest BCUT2D eigenvalue weighted by molar-refractivity contribution is 0.484. The standard InChI is InChI=1S/C17H11NO3S/c19-22(20,21)16-9-10-18-17-14-6-5-11-3-1-2-4-12(11)13(14)7-8-15(16)17/h1-10H,(H,19,20,21). The Labute approximate surface area is 126 Å². The molecule has 1 heterocycles. The van der Waals surface area contributed by atoms with Gasteiger partial charge in [-0.05, 0) is 22.2 Å². The summed E-state index contributed by atoms with van der Waals surface area (Å²) in [4.78, 5) is 4.20. The third kappa shape index (κ3) is 1.87. The minimum atomic E-state index is -4.28. The van der Waals surface area contributed by atoms with Crippen molar-refractivity contribution >= 4 is 42.6 Å². The molecule has 1 aromatic heterocycles. The molecule has 0 fully saturated rings. The number of nitrogens with zero attached hydrogens (tertiary/aromatic N) is 1. The molecule has 0 saturated carbocycles. The second kappa shape index (κ2) is 4.50. The van der Waals surface area contributed by atoms with Crippen LogP contribution < -0.4 is 0 Å². The Morgan fingerprint density at radius 1 is 0.773 bits per heavy atom. The van der Waals surface area contributed by atoms with Gasteiger partial charge in [-0.2, -0.15) is 8.42 Å². The van der Waals surface area contributed by atoms with Gasteiger partial charge in [0.1, 0.15) is 4.90 Å². The van der Waals surface area contributed by atoms with Crippen LogP contribution in [0, 0.1) is 0 Å². The van der Waals surface area contributed by atoms with Gasteiger partial charge in [0.25, 0.3) is 10.1 Å². The van der Waals surface area contributed by atoms with Gasteiger partial charge >= 0.3 is 0 Å². The monoisotopic (exact) mass is 309 g/mol. The molecular formula is C17H11NO3S. The van der Waals surface area contributed by atoms with Gasteiger partial charge in [0.2, 0.25) is 0 Å². The van der Waals surface area contributed by atoms with Gasteiger partial charge in [-0.1, -0.05) is 48.5 Å². The molecule has 5 heteroatoms. The summed E-state index contributed by atoms with van der Waals surface area (Å²) in [5.41, 5.74) is 0.568. The van der Waals surface area contributed by atoms with Crippen LogP contribution in [0.15, 0.2) is 65.7 Å². The smallest absolute Gasteiger partial charge is 0.282 e. The summed E-state index contributed by atoms with van der Waals surface area (Å²) in [6.45, 7) is 0. The predicted octanol–water partition coefficient (Wildman–Crippen LogP) is 3.79. The highest BCUT2D eigenvalue weighted by atomic mass is 32.2. The predicted molar refractivity (Wildman–Crippen MR) is 86.6 cm³/mol. The number of pyridine rings is 1. The first-order chi connectivity index (χ1) is 10.6. The fraction of sp³-hybridized carbons (Fsp3) is 0. The Kier molecular flexibility index (Phi) is 2.69. The van der Waals surface area contributed by atoms with Crippen molar-refractivity contribution < 1.29 is 13.0 Å². The van der Waals surface area contributed by atoms with Gasteiger partial charge in [0, 0.05) is 17.0 Å². The number of rotatable bonds is 1. The summed E-state index contributed by atoms with van der Waals surface area (Å²) in [6.07, 6.45) is 1.40. The number of benzene rings is 3. The number of aromatic nitrogens is 1. The summed E-state index contributed by atoms with van der Waals surface area (Å²) < 4.78 is 32.4. The highest BCUT2D eigenvalue weighted by molar-refractivity contribution is 7.86. The van der Waals surface area contributed by atoms with Gasteiger partial charge in [0.05, 0.1) is 5.52 Å². The average molecular weight is 309 g/mol. The number of hydrogen-bond acceptors (Lipinski definition) is 3. The molecule has 0 amide bonds. The molecule has 0 unspecified atom stereocenters. The van der Waals surface area contributed by atoms with E-state index in [1.807, 2.05) is 42.5 Å². The Balaban J connectivity index is 2.24. The maximum Gasteiger partial charge on any atom is 0.295 e. The molecule has 0 aliphatic heterocycles. The summed E-state index contributed by atoms with van der Waals surface area (Å²) in [7, 11) is -4.28. The van der Waals surface area contributed by atoms with E-state index in [1.54, 1.807) is 6.07 Å². The minimum absolute atomic E-state index is 0.118. The molecule has 4 aromatic rings. The quantitative estimate of drug-likeness (QED) is 0.429. The van der Waals surface area contributed by atoms with E-state index in [1.165, 1.54) is 12.3 Å². The van der Waals surface area contributed by atoms with Crippen LogP contribution in [0.25, 0.3) is 32.4 Å². The molecule has 108 valence electrons. The number of fused-ring (bicyclic) bond motifs is 5. The molecule has 4 rings (SSSR count). The second-order valence-corrected chi connectivity index (χ2v) is 6.52. The molecule has 0 aliphatic carbocycles. The van der Waals surface area contributed by atoms with E-state index in [9.17, 15) is 13.0 Å². The van der Waals surface area contributed by atoms with E-state index >= 15 is 0 Å². The SMILES string of the molecule is O=S(=O)(O)c1ccnc2c1ccc1c3ccccc3ccc12. The molecule has 0 aliphatic rings. The Morgan fingerprint density at radius 3 is 2.32 bits per heavy atom. The third-order valence-corrected chi connectivity index (χ3v) is 4.78. The van der Waals surface area contributed by atoms with Crippen molar-refractivity contribution in [3.63, 3.8) is 0 Å². The fourth-order valence-corrected chi connectivity index (χ4v) is 3.58. The van der Waals surface area contributed by atoms with Gasteiger partial charge in [-0.25, -0.2) is 0 Å². The molecule has 0 atom stereocenters. The van der Waals surface area contributed by atoms with Gasteiger partial charge in [0.15, 0.2) is 0 Å². The lowest BCUT2D eigenvalue weighted by atomic mass is 10.00. The van der Waals surface area contributed by atoms with Gasteiger partial charge in [-0.3, -0.25) is 9.54 Å². The first-order valence-corrected chi connectivity index (χ1v) is 8.16. The zero-order valence-corrected chi connectivity index (χ0v) is 12.2. The summed E-state index contributed by atoms with van der Waals surface area (Å²) in [5.74, 6) is 0. The largest absolute Gasteiger partial charge is 0.295 e. The lowest BCUT2D eigenvalue weighted by Crippen LogP contribution is -1.99. The maximum atomic E-state index is 11.5. The van der Waals surface area contributed by atoms with Crippen LogP contribution in [0.2, 0.25) is 0 Å². The first kappa shape index (κ1) is 13.2. The third-order valence-electron chi connectivity index (χ3n) is 3.87. The van der Waals surface area contributed by atoms with Crippen LogP contribution in [-0.4, -0.2) is 18.0 Å². The second-order valence-electron chi connectivity index (χ2n) is 5.13. The molecular weight excluding hydrogens is 298 g/mol. The van der Waals surface area contributed by atoms with Crippen LogP contribution in [0.1, 0.15) is 0 Å². The Hall–Kier alpha value is -2.50. The molecule has 0 saturated heterocycles. The molecule has 3 aromatic carbocycles. The molecule has 0 bridgehead atoms. The van der Waals surface area contributed by atoms with Crippen molar-refractivity contribution in [2.75, 3.05) is 0 Å². The normalized spacial score (nSPS) is 12.2. The first-order valence-electron chi connectivity index (χ1n) is 6.72. The zero-order valence-electron chi connectivity index (χ0n) is 11.4. The van der Waals surface area contributed by atoms with Gasteiger partial charge < -0.3 is 0 Å². The highest BCUT2D eigenvalue weighted by Gasteiger charge is 2.16. The van der Waals surface area contributed by atoms with Gasteiger partial charge in [-0.15, -0.1) is 0 Å². The van der Waals surface area contributed by atoms with Crippen LogP contribution in [0.4, 0.5) is 0 Å². The minimum Gasteiger partial charge on any atom is -0.282 e. The summed E-state index contributed by atoms with van der Waals surface area (Å²) in [5, 5.41) is 4.49. The van der Waals surface area contributed by atoms with E-state index in [0.717, 1.165) is 21.5 Å². The van der Waals surface area contributed by atoms with Crippen molar-refractivity contribution in [1.29, 1.82) is 0 Å². The molecule has 0 spiro atoms. The van der Waals surface area contributed by atoms with E-state index in [2.05, 4.69) is 4.98 Å². The molecule has 22 heavy (non-hydrogen) atoms.